The summed E-state index contributed by atoms with van der Waals surface area (Å²) >= 11 is 0. The van der Waals surface area contributed by atoms with Crippen LogP contribution >= 0.6 is 0 Å². The van der Waals surface area contributed by atoms with Crippen LogP contribution in [-0.2, 0) is 0 Å². The van der Waals surface area contributed by atoms with Crippen LogP contribution in [0.2, 0.25) is 0 Å². The van der Waals surface area contributed by atoms with E-state index in [9.17, 15) is 0 Å². The second-order valence-corrected chi connectivity index (χ2v) is 3.72. The van der Waals surface area contributed by atoms with E-state index in [-0.39, 0.29) is 0 Å². The molecule has 68 valence electrons. The lowest BCUT2D eigenvalue weighted by Gasteiger charge is -2.27. The molecular formula is C11H19N. The van der Waals surface area contributed by atoms with Gasteiger partial charge in [0.05, 0.1) is 0 Å². The molecule has 0 saturated heterocycles. The summed E-state index contributed by atoms with van der Waals surface area (Å²) in [5.74, 6) is 0. The Balaban J connectivity index is 2.46. The highest BCUT2D eigenvalue weighted by Gasteiger charge is 2.06. The topological polar surface area (TPSA) is 3.24 Å². The molecule has 0 spiro atoms. The molecule has 12 heavy (non-hydrogen) atoms. The minimum atomic E-state index is 1.09. The lowest BCUT2D eigenvalue weighted by atomic mass is 10.1. The summed E-state index contributed by atoms with van der Waals surface area (Å²) in [5.41, 5.74) is 2.85. The van der Waals surface area contributed by atoms with Crippen LogP contribution in [0.25, 0.3) is 0 Å². The van der Waals surface area contributed by atoms with Gasteiger partial charge in [0.1, 0.15) is 0 Å². The van der Waals surface area contributed by atoms with Gasteiger partial charge in [-0.05, 0) is 33.6 Å². The Morgan fingerprint density at radius 1 is 1.58 bits per heavy atom. The fraction of sp³-hybridized carbons (Fsp3) is 0.636. The lowest BCUT2D eigenvalue weighted by Crippen LogP contribution is -2.25. The minimum Gasteiger partial charge on any atom is -0.372 e. The second kappa shape index (κ2) is 4.34. The van der Waals surface area contributed by atoms with Crippen molar-refractivity contribution in [1.82, 2.24) is 4.90 Å². The molecule has 0 amide bonds. The van der Waals surface area contributed by atoms with Gasteiger partial charge >= 0.3 is 0 Å². The monoisotopic (exact) mass is 165 g/mol. The first-order chi connectivity index (χ1) is 5.70. The van der Waals surface area contributed by atoms with Crippen molar-refractivity contribution in [3.8, 4) is 0 Å². The average molecular weight is 165 g/mol. The van der Waals surface area contributed by atoms with E-state index < -0.39 is 0 Å². The van der Waals surface area contributed by atoms with E-state index in [0.717, 1.165) is 6.54 Å². The quantitative estimate of drug-likeness (QED) is 0.569. The van der Waals surface area contributed by atoms with E-state index in [1.807, 2.05) is 0 Å². The molecule has 1 heteroatoms. The van der Waals surface area contributed by atoms with Crippen LogP contribution in [0.15, 0.2) is 23.4 Å². The Morgan fingerprint density at radius 2 is 2.33 bits per heavy atom. The lowest BCUT2D eigenvalue weighted by molar-refractivity contribution is 0.355. The first kappa shape index (κ1) is 9.37. The molecule has 1 rings (SSSR count). The molecule has 0 N–H and O–H groups in total. The van der Waals surface area contributed by atoms with Crippen molar-refractivity contribution in [2.45, 2.75) is 33.6 Å². The normalized spacial score (nSPS) is 17.2. The first-order valence-electron chi connectivity index (χ1n) is 4.75. The van der Waals surface area contributed by atoms with Crippen molar-refractivity contribution in [2.24, 2.45) is 0 Å². The maximum atomic E-state index is 2.44. The number of allylic oxidation sites excluding steroid dienone is 3. The summed E-state index contributed by atoms with van der Waals surface area (Å²) in [6.45, 7) is 8.83. The van der Waals surface area contributed by atoms with E-state index in [1.165, 1.54) is 30.7 Å². The van der Waals surface area contributed by atoms with Gasteiger partial charge < -0.3 is 4.90 Å². The largest absolute Gasteiger partial charge is 0.372 e. The Labute approximate surface area is 75.8 Å². The Morgan fingerprint density at radius 3 is 2.92 bits per heavy atom. The maximum absolute atomic E-state index is 2.44. The zero-order valence-electron chi connectivity index (χ0n) is 8.43. The van der Waals surface area contributed by atoms with Gasteiger partial charge in [0.25, 0.3) is 0 Å². The predicted octanol–water partition coefficient (Wildman–Crippen LogP) is 2.95. The van der Waals surface area contributed by atoms with Crippen molar-refractivity contribution in [1.29, 1.82) is 0 Å². The SMILES string of the molecule is CC(C)=CCN1CCCC=C1C. The van der Waals surface area contributed by atoms with Gasteiger partial charge in [0.2, 0.25) is 0 Å². The summed E-state index contributed by atoms with van der Waals surface area (Å²) in [5, 5.41) is 0. The smallest absolute Gasteiger partial charge is 0.0358 e. The van der Waals surface area contributed by atoms with Crippen LogP contribution in [0.1, 0.15) is 33.6 Å². The van der Waals surface area contributed by atoms with Crippen LogP contribution in [0.3, 0.4) is 0 Å². The predicted molar refractivity (Wildman–Crippen MR) is 54.0 cm³/mol. The molecule has 0 atom stereocenters. The number of nitrogens with zero attached hydrogens (tertiary/aromatic N) is 1. The molecule has 0 radical (unpaired) electrons. The third kappa shape index (κ3) is 2.72. The molecule has 1 heterocycles. The average Bonchev–Trinajstić information content (AvgIpc) is 2.03. The summed E-state index contributed by atoms with van der Waals surface area (Å²) in [6, 6.07) is 0. The fourth-order valence-electron chi connectivity index (χ4n) is 1.43. The summed E-state index contributed by atoms with van der Waals surface area (Å²) in [4.78, 5) is 2.44. The van der Waals surface area contributed by atoms with Crippen LogP contribution in [0, 0.1) is 0 Å². The molecule has 0 aliphatic carbocycles. The zero-order chi connectivity index (χ0) is 8.97. The van der Waals surface area contributed by atoms with Crippen LogP contribution in [0.5, 0.6) is 0 Å². The number of hydrogen-bond donors (Lipinski definition) is 0. The van der Waals surface area contributed by atoms with Crippen molar-refractivity contribution < 1.29 is 0 Å². The third-order valence-corrected chi connectivity index (χ3v) is 2.29. The molecule has 0 aromatic rings. The molecule has 1 aliphatic heterocycles. The van der Waals surface area contributed by atoms with Crippen LogP contribution in [0.4, 0.5) is 0 Å². The first-order valence-corrected chi connectivity index (χ1v) is 4.75. The van der Waals surface area contributed by atoms with E-state index in [4.69, 9.17) is 0 Å². The summed E-state index contributed by atoms with van der Waals surface area (Å²) < 4.78 is 0. The van der Waals surface area contributed by atoms with Crippen LogP contribution < -0.4 is 0 Å². The number of hydrogen-bond acceptors (Lipinski definition) is 1. The highest BCUT2D eigenvalue weighted by molar-refractivity contribution is 5.05. The van der Waals surface area contributed by atoms with E-state index in [0.29, 0.717) is 0 Å². The van der Waals surface area contributed by atoms with Gasteiger partial charge in [0, 0.05) is 18.8 Å². The standard InChI is InChI=1S/C11H19N/c1-10(2)7-9-12-8-5-4-6-11(12)3/h6-7H,4-5,8-9H2,1-3H3. The molecule has 0 saturated carbocycles. The summed E-state index contributed by atoms with van der Waals surface area (Å²) in [6.07, 6.45) is 7.20. The molecule has 0 aromatic heterocycles. The summed E-state index contributed by atoms with van der Waals surface area (Å²) in [7, 11) is 0. The van der Waals surface area contributed by atoms with Crippen molar-refractivity contribution >= 4 is 0 Å². The molecular weight excluding hydrogens is 146 g/mol. The van der Waals surface area contributed by atoms with Gasteiger partial charge in [-0.1, -0.05) is 17.7 Å². The molecule has 0 fully saturated rings. The van der Waals surface area contributed by atoms with Crippen molar-refractivity contribution in [3.05, 3.63) is 23.4 Å². The molecule has 1 nitrogen and oxygen atoms in total. The van der Waals surface area contributed by atoms with Crippen molar-refractivity contribution in [2.75, 3.05) is 13.1 Å². The maximum Gasteiger partial charge on any atom is 0.0358 e. The van der Waals surface area contributed by atoms with Crippen molar-refractivity contribution in [3.63, 3.8) is 0 Å². The van der Waals surface area contributed by atoms with Crippen LogP contribution in [-0.4, -0.2) is 18.0 Å². The molecule has 0 unspecified atom stereocenters. The van der Waals surface area contributed by atoms with Gasteiger partial charge in [-0.3, -0.25) is 0 Å². The van der Waals surface area contributed by atoms with E-state index >= 15 is 0 Å². The highest BCUT2D eigenvalue weighted by atomic mass is 15.1. The Hall–Kier alpha value is -0.720. The highest BCUT2D eigenvalue weighted by Crippen LogP contribution is 2.13. The third-order valence-electron chi connectivity index (χ3n) is 2.29. The van der Waals surface area contributed by atoms with Gasteiger partial charge in [-0.2, -0.15) is 0 Å². The second-order valence-electron chi connectivity index (χ2n) is 3.72. The zero-order valence-corrected chi connectivity index (χ0v) is 8.43. The van der Waals surface area contributed by atoms with Gasteiger partial charge in [0.15, 0.2) is 0 Å². The van der Waals surface area contributed by atoms with Gasteiger partial charge in [-0.25, -0.2) is 0 Å². The Kier molecular flexibility index (Phi) is 3.39. The fourth-order valence-corrected chi connectivity index (χ4v) is 1.43. The van der Waals surface area contributed by atoms with E-state index in [2.05, 4.69) is 37.8 Å². The molecule has 1 aliphatic rings. The molecule has 0 aromatic carbocycles. The van der Waals surface area contributed by atoms with E-state index in [1.54, 1.807) is 0 Å². The van der Waals surface area contributed by atoms with Gasteiger partial charge in [-0.15, -0.1) is 0 Å². The number of rotatable bonds is 2. The Bertz CT molecular complexity index is 197. The molecule has 0 bridgehead atoms. The minimum absolute atomic E-state index is 1.09.